The second kappa shape index (κ2) is 62.5. The van der Waals surface area contributed by atoms with Crippen LogP contribution in [0.1, 0.15) is 101 Å². The lowest BCUT2D eigenvalue weighted by Crippen LogP contribution is -2.61. The summed E-state index contributed by atoms with van der Waals surface area (Å²) >= 11 is 11.3. The Hall–Kier alpha value is -14.8. The van der Waals surface area contributed by atoms with Crippen LogP contribution in [-0.2, 0) is 117 Å². The molecule has 0 aliphatic rings. The van der Waals surface area contributed by atoms with Gasteiger partial charge in [0, 0.05) is 102 Å². The Labute approximate surface area is 882 Å². The van der Waals surface area contributed by atoms with Gasteiger partial charge in [0.25, 0.3) is 0 Å². The summed E-state index contributed by atoms with van der Waals surface area (Å²) in [7, 11) is 0. The lowest BCUT2D eigenvalue weighted by Gasteiger charge is -2.28. The number of aromatic nitrogens is 3. The summed E-state index contributed by atoms with van der Waals surface area (Å²) in [6.07, 6.45) is 5.47. The molecule has 7 rings (SSSR count). The predicted octanol–water partition coefficient (Wildman–Crippen LogP) is -5.25. The van der Waals surface area contributed by atoms with Gasteiger partial charge in [-0.2, -0.15) is 48.8 Å². The number of para-hydroxylation sites is 3. The number of nitrogens with one attached hydrogen (secondary N) is 24. The number of rotatable bonds is 65. The molecule has 7 aromatic rings. The monoisotopic (exact) mass is 2160 g/mol. The third kappa shape index (κ3) is 40.0. The van der Waals surface area contributed by atoms with E-state index in [9.17, 15) is 77.6 Å². The summed E-state index contributed by atoms with van der Waals surface area (Å²) in [5.74, 6) is -21.6. The predicted molar refractivity (Wildman–Crippen MR) is 566 cm³/mol. The number of carboxylic acid groups (broad SMARTS) is 2. The van der Waals surface area contributed by atoms with Gasteiger partial charge in [-0.25, -0.2) is 0 Å². The Morgan fingerprint density at radius 1 is 0.347 bits per heavy atom. The summed E-state index contributed by atoms with van der Waals surface area (Å²) in [4.78, 5) is 277. The molecule has 17 amide bonds. The van der Waals surface area contributed by atoms with Gasteiger partial charge in [0.2, 0.25) is 100 Å². The number of thioether (sulfide) groups is 2. The molecule has 0 bridgehead atoms. The summed E-state index contributed by atoms with van der Waals surface area (Å²) < 4.78 is 0. The van der Waals surface area contributed by atoms with E-state index in [-0.39, 0.29) is 95.4 Å². The van der Waals surface area contributed by atoms with Gasteiger partial charge < -0.3 is 154 Å². The molecule has 0 radical (unpaired) electrons. The van der Waals surface area contributed by atoms with Crippen molar-refractivity contribution in [2.75, 3.05) is 74.9 Å². The number of aromatic amines is 3. The molecule has 0 saturated heterocycles. The summed E-state index contributed by atoms with van der Waals surface area (Å²) in [6.45, 7) is 2.15. The Balaban J connectivity index is 1.14. The maximum atomic E-state index is 15.4. The number of aliphatic hydroxyl groups excluding tert-OH is 2. The molecule has 4 aromatic carbocycles. The molecule has 3 heterocycles. The molecule has 54 heteroatoms. The highest BCUT2D eigenvalue weighted by Crippen LogP contribution is 2.24. The number of carbonyl (C=O) groups is 19. The van der Waals surface area contributed by atoms with Crippen molar-refractivity contribution in [2.45, 2.75) is 201 Å². The fraction of sp³-hybridized carbons (Fsp3) is 0.469. The fourth-order valence-corrected chi connectivity index (χ4v) is 17.0. The Morgan fingerprint density at radius 3 is 1.06 bits per heavy atom. The first-order valence-corrected chi connectivity index (χ1v) is 52.1. The van der Waals surface area contributed by atoms with Gasteiger partial charge in [0.15, 0.2) is 11.9 Å². The molecule has 3 aromatic heterocycles. The highest BCUT2D eigenvalue weighted by molar-refractivity contribution is 7.98. The maximum Gasteiger partial charge on any atom is 0.322 e. The number of nitrogens with two attached hydrogens (primary N) is 3. The maximum absolute atomic E-state index is 15.4. The minimum Gasteiger partial charge on any atom is -0.481 e. The molecule has 0 unspecified atom stereocenters. The number of H-pyrrole nitrogens is 3. The second-order valence-electron chi connectivity index (χ2n) is 35.6. The molecular formula is C96H135N27O23S4. The van der Waals surface area contributed by atoms with E-state index in [0.29, 0.717) is 60.7 Å². The number of aliphatic carboxylic acids is 2. The van der Waals surface area contributed by atoms with Crippen molar-refractivity contribution < 1.29 is 112 Å². The van der Waals surface area contributed by atoms with Gasteiger partial charge >= 0.3 is 11.9 Å². The van der Waals surface area contributed by atoms with Crippen molar-refractivity contribution in [1.29, 1.82) is 10.8 Å². The molecule has 0 spiro atoms. The van der Waals surface area contributed by atoms with E-state index < -0.39 is 265 Å². The van der Waals surface area contributed by atoms with Crippen LogP contribution in [0.4, 0.5) is 0 Å². The highest BCUT2D eigenvalue weighted by atomic mass is 32.2. The first-order chi connectivity index (χ1) is 71.5. The molecule has 150 heavy (non-hydrogen) atoms. The largest absolute Gasteiger partial charge is 0.481 e. The van der Waals surface area contributed by atoms with Crippen molar-refractivity contribution in [1.82, 2.24) is 116 Å². The van der Waals surface area contributed by atoms with Crippen LogP contribution in [0.25, 0.3) is 32.7 Å². The lowest BCUT2D eigenvalue weighted by atomic mass is 10.0. The van der Waals surface area contributed by atoms with Crippen LogP contribution >= 0.6 is 48.8 Å². The third-order valence-electron chi connectivity index (χ3n) is 23.5. The number of aliphatic hydroxyl groups is 2. The number of amides is 17. The van der Waals surface area contributed by atoms with Crippen LogP contribution in [0.2, 0.25) is 0 Å². The van der Waals surface area contributed by atoms with Crippen LogP contribution in [0, 0.1) is 16.7 Å². The van der Waals surface area contributed by atoms with Crippen LogP contribution in [0.3, 0.4) is 0 Å². The summed E-state index contributed by atoms with van der Waals surface area (Å²) in [6, 6.07) is 4.15. The molecule has 0 aliphatic carbocycles. The molecule has 0 aliphatic heterocycles. The number of guanidine groups is 2. The van der Waals surface area contributed by atoms with Gasteiger partial charge in [-0.3, -0.25) is 102 Å². The quantitative estimate of drug-likeness (QED) is 0.00733. The lowest BCUT2D eigenvalue weighted by molar-refractivity contribution is -0.141. The minimum absolute atomic E-state index is 0.00829. The smallest absolute Gasteiger partial charge is 0.322 e. The zero-order valence-electron chi connectivity index (χ0n) is 83.4. The van der Waals surface area contributed by atoms with E-state index in [2.05, 4.69) is 136 Å². The third-order valence-corrected chi connectivity index (χ3v) is 25.5. The standard InChI is InChI=1S/C96H135N27O23S4/c1-49(2)34-66(115-80(132)51(4)109-83(135)64(28-32-149-5)111-79(131)50(3)97)87(139)119-71(39-77(127)128)91(143)123-74(47-147)93(145)116-67(35-52-18-8-7-9-19-52)88(140)112-63(27-17-31-103-96(100)101)85(137)117-68(36-53-40-104-59-23-13-10-20-56(53)59)81(133)107-43-76(126)110-69(37-54-41-105-60-24-14-11-21-57(54)60)89(141)113-62(26-16-30-102-95(98)99)84(136)114-65(29-33-150-6)86(138)118-70(38-55-42-106-61-25-15-12-22-58(55)61)90(142)122-75(48-148)94(146)121-73(46-125)92(144)120-72(45-124)82(134)108-44-78(129)130/h7-15,18-25,40-42,49-51,62-75,104-106,124-125,147-148H,16-17,26-39,43-48,97H2,1-6H3,(H,107,133)(H,108,134)(H,109,135)(H,110,126)(H,111,131)(H,112,140)(H,113,141)(H,114,136)(H,115,132)(H,116,145)(H,117,137)(H,118,138)(H,119,139)(H,120,144)(H,121,146)(H,122,142)(H,123,143)(H,127,128)(H,129,130)(H4,98,99,102)(H4,100,101,103)/t50-,51-,62-,63-,64-,65-,66-,67-,68-,69-,70-,71-,72-,73-,74-,75-/m0/s1. The van der Waals surface area contributed by atoms with E-state index in [1.165, 1.54) is 37.4 Å². The van der Waals surface area contributed by atoms with Gasteiger partial charge in [-0.05, 0) is 129 Å². The van der Waals surface area contributed by atoms with Crippen molar-refractivity contribution in [3.05, 3.63) is 144 Å². The molecule has 0 saturated carbocycles. The number of hydrogen-bond acceptors (Lipinski definition) is 28. The molecule has 0 fully saturated rings. The number of thiol groups is 2. The van der Waals surface area contributed by atoms with Gasteiger partial charge in [0.1, 0.15) is 97.2 Å². The van der Waals surface area contributed by atoms with Crippen molar-refractivity contribution in [3.8, 4) is 0 Å². The van der Waals surface area contributed by atoms with Crippen LogP contribution in [0.15, 0.2) is 122 Å². The number of benzene rings is 4. The van der Waals surface area contributed by atoms with E-state index in [1.54, 1.807) is 148 Å². The zero-order chi connectivity index (χ0) is 110. The molecule has 34 N–H and O–H groups in total. The van der Waals surface area contributed by atoms with Crippen molar-refractivity contribution in [2.24, 2.45) is 23.1 Å². The molecule has 50 nitrogen and oxygen atoms in total. The highest BCUT2D eigenvalue weighted by Gasteiger charge is 2.40. The normalized spacial score (nSPS) is 14.4. The minimum atomic E-state index is -1.94. The Morgan fingerprint density at radius 2 is 0.660 bits per heavy atom. The van der Waals surface area contributed by atoms with Gasteiger partial charge in [-0.1, -0.05) is 98.8 Å². The second-order valence-corrected chi connectivity index (χ2v) is 38.3. The average Bonchev–Trinajstić information content (AvgIpc) is 1.68. The van der Waals surface area contributed by atoms with E-state index in [4.69, 9.17) is 33.1 Å². The number of hydrogen-bond donors (Lipinski definition) is 33. The first kappa shape index (κ1) is 122. The zero-order valence-corrected chi connectivity index (χ0v) is 86.8. The summed E-state index contributed by atoms with van der Waals surface area (Å²) in [5.41, 5.74) is 20.8. The SMILES string of the molecule is CSCC[C@H](NC(=O)[C@H](C)N)C(=O)N[C@@H](C)C(=O)N[C@@H](CC(C)C)C(=O)N[C@@H](CC(=O)O)C(=O)N[C@@H](CS)C(=O)N[C@@H](Cc1ccccc1)C(=O)N[C@@H](CCCNC(=N)N)C(=O)N[C@@H](Cc1c[nH]c2ccccc12)C(=O)NCC(=O)N[C@@H](Cc1c[nH]c2ccccc12)C(=O)N[C@@H](CCCNC(=N)N)C(=O)N[C@@H](CCSC)C(=O)N[C@@H](Cc1c[nH]c2ccccc12)C(=O)N[C@@H](CS)C(=O)N[C@@H](CO)C(=O)N[C@@H](CO)C(=O)NCC(=O)O. The fourth-order valence-electron chi connectivity index (χ4n) is 15.5. The van der Waals surface area contributed by atoms with Gasteiger partial charge in [0.05, 0.1) is 32.2 Å². The molecule has 816 valence electrons. The number of carbonyl (C=O) groups excluding carboxylic acids is 17. The molecular weight excluding hydrogens is 2030 g/mol. The van der Waals surface area contributed by atoms with E-state index in [0.717, 1.165) is 0 Å². The van der Waals surface area contributed by atoms with Crippen LogP contribution < -0.4 is 118 Å². The number of carboxylic acids is 2. The molecule has 16 atom stereocenters. The van der Waals surface area contributed by atoms with Crippen molar-refractivity contribution in [3.63, 3.8) is 0 Å². The Kier molecular flexibility index (Phi) is 50.9. The summed E-state index contributed by atoms with van der Waals surface area (Å²) in [5, 5.41) is 105. The van der Waals surface area contributed by atoms with Crippen LogP contribution in [-0.4, -0.2) is 331 Å². The van der Waals surface area contributed by atoms with Crippen LogP contribution in [0.5, 0.6) is 0 Å². The first-order valence-electron chi connectivity index (χ1n) is 48.0. The van der Waals surface area contributed by atoms with Gasteiger partial charge in [-0.15, -0.1) is 0 Å². The Bertz CT molecular complexity index is 5850. The topological polar surface area (TPSA) is 807 Å². The van der Waals surface area contributed by atoms with E-state index >= 15 is 28.8 Å². The average molecular weight is 2160 g/mol. The number of fused-ring (bicyclic) bond motifs is 3. The van der Waals surface area contributed by atoms with E-state index in [1.807, 2.05) is 5.32 Å². The van der Waals surface area contributed by atoms with Crippen molar-refractivity contribution >= 4 is 206 Å².